The Morgan fingerprint density at radius 1 is 0.508 bits per heavy atom. The first-order valence-electron chi connectivity index (χ1n) is 20.9. The zero-order valence-electron chi connectivity index (χ0n) is 35.7. The van der Waals surface area contributed by atoms with E-state index in [0.717, 1.165) is 28.4 Å². The first-order chi connectivity index (χ1) is 28.1. The molecule has 1 fully saturated rings. The van der Waals surface area contributed by atoms with Gasteiger partial charge in [0.2, 0.25) is 11.4 Å². The van der Waals surface area contributed by atoms with E-state index in [1.807, 2.05) is 6.20 Å². The van der Waals surface area contributed by atoms with Gasteiger partial charge in [-0.15, -0.1) is 0 Å². The van der Waals surface area contributed by atoms with Gasteiger partial charge in [-0.2, -0.15) is 9.18 Å². The molecule has 2 aliphatic heterocycles. The highest BCUT2D eigenvalue weighted by Gasteiger charge is 2.78. The van der Waals surface area contributed by atoms with E-state index in [2.05, 4.69) is 219 Å². The second-order valence-corrected chi connectivity index (χ2v) is 19.6. The van der Waals surface area contributed by atoms with Crippen LogP contribution in [0.15, 0.2) is 152 Å². The minimum atomic E-state index is -0.112. The van der Waals surface area contributed by atoms with Crippen molar-refractivity contribution in [2.45, 2.75) is 78.6 Å². The molecule has 1 saturated heterocycles. The van der Waals surface area contributed by atoms with Crippen LogP contribution < -0.4 is 13.9 Å². The van der Waals surface area contributed by atoms with Crippen molar-refractivity contribution in [1.82, 2.24) is 18.7 Å². The van der Waals surface area contributed by atoms with E-state index in [1.54, 1.807) is 0 Å². The van der Waals surface area contributed by atoms with Crippen LogP contribution in [0.2, 0.25) is 0 Å². The van der Waals surface area contributed by atoms with Crippen LogP contribution in [0.25, 0.3) is 38.8 Å². The molecule has 2 aliphatic rings. The number of hydrogen-bond acceptors (Lipinski definition) is 2. The molecule has 59 heavy (non-hydrogen) atoms. The highest BCUT2D eigenvalue weighted by Crippen LogP contribution is 2.75. The zero-order valence-corrected chi connectivity index (χ0v) is 35.7. The molecular formula is C54H53N4O+. The summed E-state index contributed by atoms with van der Waals surface area (Å²) in [5, 5.41) is 2.36. The predicted octanol–water partition coefficient (Wildman–Crippen LogP) is 14.9. The summed E-state index contributed by atoms with van der Waals surface area (Å²) in [6, 6.07) is 53.2. The monoisotopic (exact) mass is 773 g/mol. The average molecular weight is 774 g/mol. The molecule has 0 amide bonds. The molecule has 2 atom stereocenters. The third-order valence-electron chi connectivity index (χ3n) is 12.6. The van der Waals surface area contributed by atoms with E-state index >= 15 is 0 Å². The van der Waals surface area contributed by atoms with E-state index in [-0.39, 0.29) is 16.2 Å². The number of aromatic nitrogens is 2. The Balaban J connectivity index is 1.10. The normalized spacial score (nSPS) is 18.7. The second kappa shape index (κ2) is 12.7. The van der Waals surface area contributed by atoms with Gasteiger partial charge in [0.25, 0.3) is 0 Å². The van der Waals surface area contributed by atoms with Crippen molar-refractivity contribution in [3.8, 4) is 28.4 Å². The largest absolute Gasteiger partial charge is 0.457 e. The number of quaternary nitrogens is 2. The lowest BCUT2D eigenvalue weighted by Gasteiger charge is -2.40. The molecule has 10 rings (SSSR count). The van der Waals surface area contributed by atoms with Crippen molar-refractivity contribution in [2.24, 2.45) is 0 Å². The fraction of sp³-hybridized carbons (Fsp3) is 0.222. The van der Waals surface area contributed by atoms with E-state index in [4.69, 9.17) is 9.72 Å². The van der Waals surface area contributed by atoms with Crippen LogP contribution in [0.1, 0.15) is 79.0 Å². The summed E-state index contributed by atoms with van der Waals surface area (Å²) >= 11 is 0. The van der Waals surface area contributed by atoms with Gasteiger partial charge in [-0.25, -0.2) is 4.98 Å². The minimum absolute atomic E-state index is 0.00472. The summed E-state index contributed by atoms with van der Waals surface area (Å²) in [6.45, 7) is 23.0. The molecule has 0 aliphatic carbocycles. The van der Waals surface area contributed by atoms with Crippen molar-refractivity contribution in [1.29, 1.82) is 0 Å². The van der Waals surface area contributed by atoms with Crippen molar-refractivity contribution in [3.05, 3.63) is 175 Å². The van der Waals surface area contributed by atoms with Crippen LogP contribution >= 0.6 is 0 Å². The van der Waals surface area contributed by atoms with Crippen LogP contribution in [0.5, 0.6) is 11.5 Å². The Labute approximate surface area is 348 Å². The molecule has 0 saturated carbocycles. The van der Waals surface area contributed by atoms with Crippen LogP contribution in [-0.2, 0) is 16.2 Å². The summed E-state index contributed by atoms with van der Waals surface area (Å²) in [5.74, 6) is 2.52. The van der Waals surface area contributed by atoms with Crippen molar-refractivity contribution in [2.75, 3.05) is 0 Å². The number of benzene rings is 6. The predicted molar refractivity (Wildman–Crippen MR) is 247 cm³/mol. The molecule has 8 aromatic rings. The lowest BCUT2D eigenvalue weighted by molar-refractivity contribution is 0.421. The van der Waals surface area contributed by atoms with Crippen molar-refractivity contribution in [3.63, 3.8) is 0 Å². The third kappa shape index (κ3) is 5.70. The fourth-order valence-corrected chi connectivity index (χ4v) is 9.37. The van der Waals surface area contributed by atoms with Gasteiger partial charge in [0, 0.05) is 59.4 Å². The number of rotatable bonds is 6. The molecular weight excluding hydrogens is 721 g/mol. The van der Waals surface area contributed by atoms with Gasteiger partial charge < -0.3 is 4.74 Å². The fourth-order valence-electron chi connectivity index (χ4n) is 9.37. The van der Waals surface area contributed by atoms with Crippen LogP contribution in [0.4, 0.5) is 22.7 Å². The third-order valence-corrected chi connectivity index (χ3v) is 12.6. The molecule has 0 spiro atoms. The molecule has 5 heteroatoms. The Hall–Kier alpha value is -6.01. The van der Waals surface area contributed by atoms with Gasteiger partial charge in [0.1, 0.15) is 17.3 Å². The molecule has 4 heterocycles. The summed E-state index contributed by atoms with van der Waals surface area (Å²) in [6.07, 6.45) is 1.93. The molecule has 0 bridgehead atoms. The Morgan fingerprint density at radius 3 is 1.88 bits per heavy atom. The first kappa shape index (κ1) is 37.3. The number of para-hydroxylation sites is 3. The number of fused-ring (bicyclic) bond motifs is 7. The molecule has 294 valence electrons. The van der Waals surface area contributed by atoms with E-state index in [1.165, 1.54) is 61.3 Å². The lowest BCUT2D eigenvalue weighted by Crippen LogP contribution is -2.46. The summed E-state index contributed by atoms with van der Waals surface area (Å²) in [7, 11) is 0. The molecule has 0 N–H and O–H groups in total. The van der Waals surface area contributed by atoms with Crippen molar-refractivity contribution < 1.29 is 4.74 Å². The quantitative estimate of drug-likeness (QED) is 0.0956. The highest BCUT2D eigenvalue weighted by atomic mass is 16.5. The van der Waals surface area contributed by atoms with E-state index < -0.39 is 0 Å². The SMILES string of the molecule is CC(C)(C)c1cc(Oc2ccc3c4ccccc4n(-c4cc(C(C)(C)C)ccn4)c3c2)cc([N+]23[CH-][N@+]2(c2ccc(-c4ccccc4)c(C(C)(C)C)c2)c2ccccc23)c1. The van der Waals surface area contributed by atoms with Gasteiger partial charge in [0.15, 0.2) is 18.0 Å². The van der Waals surface area contributed by atoms with E-state index in [9.17, 15) is 0 Å². The van der Waals surface area contributed by atoms with Gasteiger partial charge in [0.05, 0.1) is 11.0 Å². The summed E-state index contributed by atoms with van der Waals surface area (Å²) in [4.78, 5) is 4.91. The summed E-state index contributed by atoms with van der Waals surface area (Å²) in [5.41, 5.74) is 13.4. The first-order valence-corrected chi connectivity index (χ1v) is 20.9. The lowest BCUT2D eigenvalue weighted by atomic mass is 9.81. The second-order valence-electron chi connectivity index (χ2n) is 19.6. The molecule has 2 aromatic heterocycles. The minimum Gasteiger partial charge on any atom is -0.457 e. The van der Waals surface area contributed by atoms with Crippen molar-refractivity contribution >= 4 is 44.6 Å². The number of ether oxygens (including phenoxy) is 1. The number of pyridine rings is 1. The van der Waals surface area contributed by atoms with E-state index in [0.29, 0.717) is 9.18 Å². The number of nitrogens with zero attached hydrogens (tertiary/aromatic N) is 4. The summed E-state index contributed by atoms with van der Waals surface area (Å²) < 4.78 is 10.5. The maximum Gasteiger partial charge on any atom is 0.225 e. The van der Waals surface area contributed by atoms with Gasteiger partial charge in [-0.05, 0) is 86.5 Å². The molecule has 0 radical (unpaired) electrons. The Kier molecular flexibility index (Phi) is 8.05. The zero-order chi connectivity index (χ0) is 41.1. The standard InChI is InChI=1S/C54H53N4O/c1-52(2,3)37-27-28-55-51(31-37)56-47-20-14-13-19-44(47)45-26-24-41(34-48(45)56)59-42-30-38(53(4,5)6)29-40(32-42)58-35-57(58,49-21-15-16-22-50(49)58)39-23-25-43(36-17-11-10-12-18-36)46(33-39)54(7,8)9/h10-35H,1-9H3/q+1/t57-,58?/m0/s1. The molecule has 1 unspecified atom stereocenters. The van der Waals surface area contributed by atoms with Crippen LogP contribution in [0, 0.1) is 6.67 Å². The maximum absolute atomic E-state index is 7.00. The van der Waals surface area contributed by atoms with Crippen LogP contribution in [-0.4, -0.2) is 9.55 Å². The topological polar surface area (TPSA) is 27.1 Å². The highest BCUT2D eigenvalue weighted by molar-refractivity contribution is 6.09. The maximum atomic E-state index is 7.00. The Morgan fingerprint density at radius 2 is 1.17 bits per heavy atom. The smallest absolute Gasteiger partial charge is 0.225 e. The van der Waals surface area contributed by atoms with Gasteiger partial charge >= 0.3 is 0 Å². The molecule has 5 nitrogen and oxygen atoms in total. The average Bonchev–Trinajstić information content (AvgIpc) is 3.70. The molecule has 6 aromatic carbocycles. The van der Waals surface area contributed by atoms with Crippen LogP contribution in [0.3, 0.4) is 0 Å². The Bertz CT molecular complexity index is 2960. The van der Waals surface area contributed by atoms with Gasteiger partial charge in [-0.3, -0.25) is 4.57 Å². The number of hydrogen-bond donors (Lipinski definition) is 0. The van der Waals surface area contributed by atoms with Gasteiger partial charge in [-0.1, -0.05) is 123 Å².